The van der Waals surface area contributed by atoms with Crippen LogP contribution in [0.15, 0.2) is 11.6 Å². The van der Waals surface area contributed by atoms with Gasteiger partial charge in [-0.3, -0.25) is 4.79 Å². The Morgan fingerprint density at radius 2 is 2.27 bits per heavy atom. The number of rotatable bonds is 13. The van der Waals surface area contributed by atoms with E-state index < -0.39 is 0 Å². The van der Waals surface area contributed by atoms with Crippen molar-refractivity contribution in [2.45, 2.75) is 59.1 Å². The monoisotopic (exact) mass is 473 g/mol. The first-order valence-electron chi connectivity index (χ1n) is 11.6. The van der Waals surface area contributed by atoms with Gasteiger partial charge in [-0.05, 0) is 45.4 Å². The minimum Gasteiger partial charge on any atom is -0.359 e. The van der Waals surface area contributed by atoms with E-state index in [1.165, 1.54) is 0 Å². The lowest BCUT2D eigenvalue weighted by Gasteiger charge is -2.28. The molecule has 2 unspecified atom stereocenters. The number of thiazole rings is 1. The van der Waals surface area contributed by atoms with Gasteiger partial charge in [-0.25, -0.2) is 15.0 Å². The van der Waals surface area contributed by atoms with Crippen molar-refractivity contribution in [3.63, 3.8) is 0 Å². The van der Waals surface area contributed by atoms with E-state index in [-0.39, 0.29) is 6.23 Å². The molecule has 33 heavy (non-hydrogen) atoms. The molecular formula is C23H35N7O2S. The van der Waals surface area contributed by atoms with E-state index in [4.69, 9.17) is 15.1 Å². The molecule has 0 aromatic carbocycles. The van der Waals surface area contributed by atoms with Crippen molar-refractivity contribution in [3.8, 4) is 0 Å². The number of aryl methyl sites for hydroxylation is 1. The van der Waals surface area contributed by atoms with Crippen LogP contribution in [0.25, 0.3) is 0 Å². The van der Waals surface area contributed by atoms with E-state index in [0.29, 0.717) is 29.7 Å². The maximum Gasteiger partial charge on any atom is 0.207 e. The van der Waals surface area contributed by atoms with Crippen LogP contribution in [0, 0.1) is 18.3 Å². The van der Waals surface area contributed by atoms with Crippen LogP contribution in [0.4, 0.5) is 11.6 Å². The number of ether oxygens (including phenoxy) is 1. The smallest absolute Gasteiger partial charge is 0.207 e. The Hall–Kier alpha value is -2.59. The second-order valence-electron chi connectivity index (χ2n) is 8.61. The van der Waals surface area contributed by atoms with Crippen LogP contribution < -0.4 is 15.5 Å². The molecule has 1 fully saturated rings. The highest BCUT2D eigenvalue weighted by molar-refractivity contribution is 7.09. The summed E-state index contributed by atoms with van der Waals surface area (Å²) in [6.45, 7) is 8.81. The molecule has 1 aliphatic rings. The molecule has 2 aromatic heterocycles. The van der Waals surface area contributed by atoms with Crippen LogP contribution in [0.2, 0.25) is 0 Å². The van der Waals surface area contributed by atoms with Crippen molar-refractivity contribution in [1.82, 2.24) is 20.3 Å². The molecule has 1 amide bonds. The molecule has 10 heteroatoms. The zero-order valence-corrected chi connectivity index (χ0v) is 20.6. The van der Waals surface area contributed by atoms with Gasteiger partial charge in [0.15, 0.2) is 5.82 Å². The largest absolute Gasteiger partial charge is 0.359 e. The van der Waals surface area contributed by atoms with Gasteiger partial charge >= 0.3 is 0 Å². The van der Waals surface area contributed by atoms with Crippen LogP contribution >= 0.6 is 11.3 Å². The van der Waals surface area contributed by atoms with Crippen molar-refractivity contribution >= 4 is 35.1 Å². The number of amides is 1. The average Bonchev–Trinajstić information content (AvgIpc) is 3.20. The highest BCUT2D eigenvalue weighted by atomic mass is 32.1. The predicted octanol–water partition coefficient (Wildman–Crippen LogP) is 3.39. The van der Waals surface area contributed by atoms with Gasteiger partial charge in [0.05, 0.1) is 16.9 Å². The molecule has 2 aromatic rings. The Balaban J connectivity index is 1.78. The van der Waals surface area contributed by atoms with Gasteiger partial charge in [-0.1, -0.05) is 6.92 Å². The molecule has 3 N–H and O–H groups in total. The third-order valence-corrected chi connectivity index (χ3v) is 6.46. The highest BCUT2D eigenvalue weighted by Crippen LogP contribution is 2.23. The Kier molecular flexibility index (Phi) is 9.56. The normalized spacial score (nSPS) is 16.8. The lowest BCUT2D eigenvalue weighted by atomic mass is 10.1. The Labute approximate surface area is 199 Å². The molecule has 0 bridgehead atoms. The van der Waals surface area contributed by atoms with E-state index in [1.807, 2.05) is 6.92 Å². The summed E-state index contributed by atoms with van der Waals surface area (Å²) in [5.41, 5.74) is 1.96. The van der Waals surface area contributed by atoms with Gasteiger partial charge in [0.2, 0.25) is 6.41 Å². The fourth-order valence-corrected chi connectivity index (χ4v) is 4.82. The SMILES string of the molecule is CC(=N)c1ncc(N(CCCNC=O)CC(C)Cc2nc(C)cs2)nc1NC1CCCCO1. The second kappa shape index (κ2) is 12.6. The third kappa shape index (κ3) is 7.75. The number of hydrogen-bond acceptors (Lipinski definition) is 9. The van der Waals surface area contributed by atoms with Crippen molar-refractivity contribution in [2.24, 2.45) is 5.92 Å². The third-order valence-electron chi connectivity index (χ3n) is 5.47. The van der Waals surface area contributed by atoms with Crippen molar-refractivity contribution in [2.75, 3.05) is 36.5 Å². The van der Waals surface area contributed by atoms with E-state index in [9.17, 15) is 4.79 Å². The number of nitrogens with zero attached hydrogens (tertiary/aromatic N) is 4. The second-order valence-corrected chi connectivity index (χ2v) is 9.56. The standard InChI is InChI=1S/C23H35N7O2S/c1-16(11-21-27-17(2)14-33-21)13-30(9-6-8-25-15-31)19-12-26-22(18(3)24)23(28-19)29-20-7-4-5-10-32-20/h12,14-16,20,24H,4-11,13H2,1-3H3,(H,25,31)(H,28,29). The molecule has 0 radical (unpaired) electrons. The van der Waals surface area contributed by atoms with Gasteiger partial charge in [0.1, 0.15) is 17.7 Å². The Bertz CT molecular complexity index is 914. The molecule has 2 atom stereocenters. The van der Waals surface area contributed by atoms with Crippen LogP contribution in [0.1, 0.15) is 55.9 Å². The average molecular weight is 474 g/mol. The van der Waals surface area contributed by atoms with E-state index in [0.717, 1.165) is 74.7 Å². The molecule has 0 saturated carbocycles. The summed E-state index contributed by atoms with van der Waals surface area (Å²) in [7, 11) is 0. The minimum atomic E-state index is -0.112. The van der Waals surface area contributed by atoms with E-state index >= 15 is 0 Å². The summed E-state index contributed by atoms with van der Waals surface area (Å²) in [6.07, 6.45) is 7.13. The number of carbonyl (C=O) groups excluding carboxylic acids is 1. The topological polar surface area (TPSA) is 116 Å². The van der Waals surface area contributed by atoms with Crippen molar-refractivity contribution < 1.29 is 9.53 Å². The summed E-state index contributed by atoms with van der Waals surface area (Å²) in [4.78, 5) is 26.9. The predicted molar refractivity (Wildman–Crippen MR) is 132 cm³/mol. The first kappa shape index (κ1) is 25.0. The first-order chi connectivity index (χ1) is 16.0. The van der Waals surface area contributed by atoms with Crippen LogP contribution in [-0.4, -0.2) is 59.5 Å². The molecule has 1 saturated heterocycles. The lowest BCUT2D eigenvalue weighted by Crippen LogP contribution is -2.34. The van der Waals surface area contributed by atoms with Crippen molar-refractivity contribution in [1.29, 1.82) is 5.41 Å². The van der Waals surface area contributed by atoms with Gasteiger partial charge in [-0.2, -0.15) is 0 Å². The maximum atomic E-state index is 10.6. The van der Waals surface area contributed by atoms with Crippen LogP contribution in [0.5, 0.6) is 0 Å². The van der Waals surface area contributed by atoms with Crippen molar-refractivity contribution in [3.05, 3.63) is 28.0 Å². The molecule has 1 aliphatic heterocycles. The van der Waals surface area contributed by atoms with Gasteiger partial charge in [0, 0.05) is 43.7 Å². The summed E-state index contributed by atoms with van der Waals surface area (Å²) in [5.74, 6) is 1.70. The summed E-state index contributed by atoms with van der Waals surface area (Å²) >= 11 is 1.70. The molecule has 9 nitrogen and oxygen atoms in total. The molecular weight excluding hydrogens is 438 g/mol. The summed E-state index contributed by atoms with van der Waals surface area (Å²) < 4.78 is 5.83. The Morgan fingerprint density at radius 1 is 1.42 bits per heavy atom. The fourth-order valence-electron chi connectivity index (χ4n) is 3.88. The molecule has 3 rings (SSSR count). The van der Waals surface area contributed by atoms with Crippen LogP contribution in [0.3, 0.4) is 0 Å². The number of carbonyl (C=O) groups is 1. The number of anilines is 2. The number of aromatic nitrogens is 3. The first-order valence-corrected chi connectivity index (χ1v) is 12.5. The molecule has 0 aliphatic carbocycles. The summed E-state index contributed by atoms with van der Waals surface area (Å²) in [6, 6.07) is 0. The van der Waals surface area contributed by atoms with Gasteiger partial charge in [0.25, 0.3) is 0 Å². The van der Waals surface area contributed by atoms with E-state index in [2.05, 4.69) is 37.8 Å². The van der Waals surface area contributed by atoms with Gasteiger partial charge in [-0.15, -0.1) is 11.3 Å². The van der Waals surface area contributed by atoms with E-state index in [1.54, 1.807) is 24.5 Å². The molecule has 180 valence electrons. The lowest BCUT2D eigenvalue weighted by molar-refractivity contribution is -0.109. The molecule has 0 spiro atoms. The zero-order chi connectivity index (χ0) is 23.6. The van der Waals surface area contributed by atoms with Crippen LogP contribution in [-0.2, 0) is 16.0 Å². The fraction of sp³-hybridized carbons (Fsp3) is 0.609. The summed E-state index contributed by atoms with van der Waals surface area (Å²) in [5, 5.41) is 17.4. The van der Waals surface area contributed by atoms with Gasteiger partial charge < -0.3 is 25.7 Å². The minimum absolute atomic E-state index is 0.112. The quantitative estimate of drug-likeness (QED) is 0.232. The molecule has 3 heterocycles. The number of nitrogens with one attached hydrogen (secondary N) is 3. The zero-order valence-electron chi connectivity index (χ0n) is 19.8. The Morgan fingerprint density at radius 3 is 2.94 bits per heavy atom. The highest BCUT2D eigenvalue weighted by Gasteiger charge is 2.20. The number of hydrogen-bond donors (Lipinski definition) is 3. The maximum absolute atomic E-state index is 10.6.